The van der Waals surface area contributed by atoms with Crippen LogP contribution in [0.2, 0.25) is 0 Å². The number of carboxylic acids is 1. The Morgan fingerprint density at radius 1 is 1.43 bits per heavy atom. The molecule has 0 bridgehead atoms. The highest BCUT2D eigenvalue weighted by atomic mass is 16.4. The lowest BCUT2D eigenvalue weighted by Gasteiger charge is -2.09. The zero-order chi connectivity index (χ0) is 10.9. The van der Waals surface area contributed by atoms with E-state index in [1.54, 1.807) is 18.7 Å². The number of carbonyl (C=O) groups is 1. The van der Waals surface area contributed by atoms with Crippen LogP contribution in [0.1, 0.15) is 44.0 Å². The van der Waals surface area contributed by atoms with Gasteiger partial charge in [0.25, 0.3) is 0 Å². The molecule has 78 valence electrons. The van der Waals surface area contributed by atoms with Gasteiger partial charge in [-0.2, -0.15) is 0 Å². The van der Waals surface area contributed by atoms with Gasteiger partial charge in [0.05, 0.1) is 11.6 Å². The molecule has 0 amide bonds. The fourth-order valence-electron chi connectivity index (χ4n) is 1.48. The van der Waals surface area contributed by atoms with Gasteiger partial charge < -0.3 is 5.11 Å². The largest absolute Gasteiger partial charge is 0.481 e. The van der Waals surface area contributed by atoms with Crippen molar-refractivity contribution < 1.29 is 9.90 Å². The van der Waals surface area contributed by atoms with Gasteiger partial charge in [0.15, 0.2) is 0 Å². The lowest BCUT2D eigenvalue weighted by atomic mass is 10.00. The molecule has 0 aliphatic heterocycles. The molecule has 0 aromatic carbocycles. The Labute approximate surface area is 82.7 Å². The number of hydrogen-bond acceptors (Lipinski definition) is 3. The molecule has 0 aliphatic carbocycles. The van der Waals surface area contributed by atoms with Crippen molar-refractivity contribution in [3.05, 3.63) is 11.4 Å². The fraction of sp³-hybridized carbons (Fsp3) is 0.667. The van der Waals surface area contributed by atoms with Crippen LogP contribution in [-0.2, 0) is 11.8 Å². The number of aliphatic carboxylic acids is 1. The van der Waals surface area contributed by atoms with Crippen molar-refractivity contribution in [2.75, 3.05) is 0 Å². The normalized spacial score (nSPS) is 13.2. The zero-order valence-electron chi connectivity index (χ0n) is 8.85. The van der Waals surface area contributed by atoms with Crippen LogP contribution in [0.15, 0.2) is 0 Å². The number of aryl methyl sites for hydroxylation is 1. The van der Waals surface area contributed by atoms with Crippen molar-refractivity contribution >= 4 is 5.97 Å². The molecule has 1 atom stereocenters. The molecule has 0 radical (unpaired) electrons. The van der Waals surface area contributed by atoms with Crippen LogP contribution in [0.4, 0.5) is 0 Å². The molecule has 1 aromatic heterocycles. The summed E-state index contributed by atoms with van der Waals surface area (Å²) in [6.45, 7) is 5.62. The minimum Gasteiger partial charge on any atom is -0.481 e. The van der Waals surface area contributed by atoms with Gasteiger partial charge >= 0.3 is 5.97 Å². The van der Waals surface area contributed by atoms with E-state index in [2.05, 4.69) is 10.3 Å². The third-order valence-electron chi connectivity index (χ3n) is 2.23. The lowest BCUT2D eigenvalue weighted by molar-refractivity contribution is -0.138. The molecule has 0 saturated heterocycles. The first-order valence-electron chi connectivity index (χ1n) is 4.57. The highest BCUT2D eigenvalue weighted by Gasteiger charge is 2.23. The first-order valence-corrected chi connectivity index (χ1v) is 4.57. The molecule has 0 fully saturated rings. The van der Waals surface area contributed by atoms with E-state index in [1.807, 2.05) is 13.8 Å². The van der Waals surface area contributed by atoms with Crippen molar-refractivity contribution in [2.45, 2.75) is 32.6 Å². The molecule has 1 unspecified atom stereocenters. The van der Waals surface area contributed by atoms with Crippen LogP contribution in [-0.4, -0.2) is 26.1 Å². The molecule has 1 aromatic rings. The van der Waals surface area contributed by atoms with Crippen LogP contribution in [0.3, 0.4) is 0 Å². The minimum atomic E-state index is -0.868. The summed E-state index contributed by atoms with van der Waals surface area (Å²) in [5.74, 6) is -1.24. The van der Waals surface area contributed by atoms with Crippen LogP contribution >= 0.6 is 0 Å². The molecule has 1 N–H and O–H groups in total. The molecule has 0 saturated carbocycles. The maximum absolute atomic E-state index is 10.8. The predicted molar refractivity (Wildman–Crippen MR) is 51.1 cm³/mol. The van der Waals surface area contributed by atoms with E-state index in [-0.39, 0.29) is 5.92 Å². The molecular formula is C9H15N3O2. The number of carboxylic acid groups (broad SMARTS) is 1. The highest BCUT2D eigenvalue weighted by molar-refractivity contribution is 5.75. The third kappa shape index (κ3) is 1.76. The van der Waals surface area contributed by atoms with Gasteiger partial charge in [-0.3, -0.25) is 9.48 Å². The molecule has 0 aliphatic rings. The third-order valence-corrected chi connectivity index (χ3v) is 2.23. The Hall–Kier alpha value is -1.39. The second kappa shape index (κ2) is 3.77. The molecule has 1 heterocycles. The minimum absolute atomic E-state index is 0.229. The molecule has 14 heavy (non-hydrogen) atoms. The van der Waals surface area contributed by atoms with Crippen LogP contribution < -0.4 is 0 Å². The first kappa shape index (κ1) is 10.7. The molecule has 1 rings (SSSR count). The Morgan fingerprint density at radius 3 is 2.43 bits per heavy atom. The Bertz CT molecular complexity index is 344. The van der Waals surface area contributed by atoms with Gasteiger partial charge in [-0.25, -0.2) is 0 Å². The predicted octanol–water partition coefficient (Wildman–Crippen LogP) is 1.13. The maximum Gasteiger partial charge on any atom is 0.312 e. The van der Waals surface area contributed by atoms with E-state index in [0.717, 1.165) is 5.69 Å². The summed E-state index contributed by atoms with van der Waals surface area (Å²) in [5.41, 5.74) is 1.45. The summed E-state index contributed by atoms with van der Waals surface area (Å²) in [6, 6.07) is 0. The van der Waals surface area contributed by atoms with Crippen molar-refractivity contribution in [2.24, 2.45) is 7.05 Å². The monoisotopic (exact) mass is 197 g/mol. The Kier molecular flexibility index (Phi) is 2.88. The first-order chi connectivity index (χ1) is 6.45. The number of nitrogens with zero attached hydrogens (tertiary/aromatic N) is 3. The molecule has 5 nitrogen and oxygen atoms in total. The van der Waals surface area contributed by atoms with Gasteiger partial charge in [0, 0.05) is 7.05 Å². The van der Waals surface area contributed by atoms with Crippen molar-refractivity contribution in [3.63, 3.8) is 0 Å². The van der Waals surface area contributed by atoms with Gasteiger partial charge in [0.1, 0.15) is 5.69 Å². The summed E-state index contributed by atoms with van der Waals surface area (Å²) >= 11 is 0. The average Bonchev–Trinajstić information content (AvgIpc) is 2.45. The van der Waals surface area contributed by atoms with E-state index in [4.69, 9.17) is 5.11 Å². The van der Waals surface area contributed by atoms with E-state index in [0.29, 0.717) is 5.69 Å². The number of rotatable bonds is 3. The average molecular weight is 197 g/mol. The Morgan fingerprint density at radius 2 is 2.00 bits per heavy atom. The summed E-state index contributed by atoms with van der Waals surface area (Å²) in [7, 11) is 1.78. The van der Waals surface area contributed by atoms with E-state index in [9.17, 15) is 4.79 Å². The quantitative estimate of drug-likeness (QED) is 0.788. The van der Waals surface area contributed by atoms with E-state index >= 15 is 0 Å². The molecule has 0 spiro atoms. The highest BCUT2D eigenvalue weighted by Crippen LogP contribution is 2.23. The summed E-state index contributed by atoms with van der Waals surface area (Å²) in [6.07, 6.45) is 0. The van der Waals surface area contributed by atoms with Crippen LogP contribution in [0.25, 0.3) is 0 Å². The van der Waals surface area contributed by atoms with E-state index < -0.39 is 11.9 Å². The van der Waals surface area contributed by atoms with Gasteiger partial charge in [0.2, 0.25) is 0 Å². The fourth-order valence-corrected chi connectivity index (χ4v) is 1.48. The summed E-state index contributed by atoms with van der Waals surface area (Å²) < 4.78 is 1.64. The standard InChI is InChI=1S/C9H15N3O2/c1-5(2)8-7(6(3)9(13)14)10-11-12(8)4/h5-6H,1-4H3,(H,13,14). The molecule has 5 heteroatoms. The smallest absolute Gasteiger partial charge is 0.312 e. The second-order valence-corrected chi connectivity index (χ2v) is 3.70. The second-order valence-electron chi connectivity index (χ2n) is 3.70. The Balaban J connectivity index is 3.15. The van der Waals surface area contributed by atoms with Crippen LogP contribution in [0.5, 0.6) is 0 Å². The number of hydrogen-bond donors (Lipinski definition) is 1. The topological polar surface area (TPSA) is 68.0 Å². The van der Waals surface area contributed by atoms with Crippen molar-refractivity contribution in [1.82, 2.24) is 15.0 Å². The summed E-state index contributed by atoms with van der Waals surface area (Å²) in [5, 5.41) is 16.6. The van der Waals surface area contributed by atoms with Gasteiger partial charge in [-0.15, -0.1) is 5.10 Å². The van der Waals surface area contributed by atoms with Gasteiger partial charge in [-0.05, 0) is 12.8 Å². The molecular weight excluding hydrogens is 182 g/mol. The lowest BCUT2D eigenvalue weighted by Crippen LogP contribution is -2.12. The van der Waals surface area contributed by atoms with E-state index in [1.165, 1.54) is 0 Å². The van der Waals surface area contributed by atoms with Crippen molar-refractivity contribution in [1.29, 1.82) is 0 Å². The maximum atomic E-state index is 10.8. The van der Waals surface area contributed by atoms with Crippen molar-refractivity contribution in [3.8, 4) is 0 Å². The zero-order valence-corrected chi connectivity index (χ0v) is 8.85. The summed E-state index contributed by atoms with van der Waals surface area (Å²) in [4.78, 5) is 10.8. The van der Waals surface area contributed by atoms with Gasteiger partial charge in [-0.1, -0.05) is 19.1 Å². The van der Waals surface area contributed by atoms with Crippen LogP contribution in [0, 0.1) is 0 Å². The SMILES string of the molecule is CC(C)c1c(C(C)C(=O)O)nnn1C. The number of aromatic nitrogens is 3.